The third kappa shape index (κ3) is 5.01. The number of halogens is 2. The molecule has 0 saturated heterocycles. The maximum absolute atomic E-state index is 13.0. The van der Waals surface area contributed by atoms with Crippen LogP contribution in [0.25, 0.3) is 0 Å². The highest BCUT2D eigenvalue weighted by Crippen LogP contribution is 2.20. The van der Waals surface area contributed by atoms with Crippen LogP contribution in [0.5, 0.6) is 0 Å². The molecule has 0 unspecified atom stereocenters. The third-order valence-electron chi connectivity index (χ3n) is 2.97. The first-order valence-corrected chi connectivity index (χ1v) is 9.10. The van der Waals surface area contributed by atoms with Crippen molar-refractivity contribution in [2.24, 2.45) is 0 Å². The van der Waals surface area contributed by atoms with Crippen LogP contribution in [0.4, 0.5) is 4.39 Å². The molecule has 1 aromatic rings. The van der Waals surface area contributed by atoms with Crippen molar-refractivity contribution in [3.63, 3.8) is 0 Å². The second-order valence-electron chi connectivity index (χ2n) is 4.71. The largest absolute Gasteiger partial charge is 0.395 e. The monoisotopic (exact) mass is 397 g/mol. The minimum Gasteiger partial charge on any atom is -0.395 e. The molecule has 1 amide bonds. The number of alkyl halides is 2. The smallest absolute Gasteiger partial charge is 0.236 e. The molecular weight excluding hydrogens is 381 g/mol. The van der Waals surface area contributed by atoms with Crippen LogP contribution in [0, 0.1) is 0 Å². The molecule has 0 bridgehead atoms. The Morgan fingerprint density at radius 2 is 1.91 bits per heavy atom. The van der Waals surface area contributed by atoms with Gasteiger partial charge in [0.05, 0.1) is 17.5 Å². The lowest BCUT2D eigenvalue weighted by Crippen LogP contribution is -2.45. The van der Waals surface area contributed by atoms with Gasteiger partial charge in [-0.2, -0.15) is 0 Å². The Balaban J connectivity index is 2.88. The van der Waals surface area contributed by atoms with Gasteiger partial charge in [-0.05, 0) is 17.7 Å². The highest BCUT2D eigenvalue weighted by atomic mass is 79.9. The zero-order chi connectivity index (χ0) is 16.9. The maximum atomic E-state index is 13.0. The van der Waals surface area contributed by atoms with E-state index in [-0.39, 0.29) is 10.5 Å². The minimum atomic E-state index is -3.36. The molecule has 0 fully saturated rings. The van der Waals surface area contributed by atoms with Gasteiger partial charge >= 0.3 is 0 Å². The molecule has 124 valence electrons. The molecule has 1 rings (SSSR count). The van der Waals surface area contributed by atoms with Crippen molar-refractivity contribution >= 4 is 31.7 Å². The summed E-state index contributed by atoms with van der Waals surface area (Å²) in [5.41, 5.74) is 0.269. The number of amides is 1. The van der Waals surface area contributed by atoms with Crippen molar-refractivity contribution in [2.45, 2.75) is 21.9 Å². The summed E-state index contributed by atoms with van der Waals surface area (Å²) in [4.78, 5) is 10.8. The number of aliphatic hydroxyl groups is 2. The molecule has 0 aliphatic carbocycles. The van der Waals surface area contributed by atoms with Crippen LogP contribution in [-0.4, -0.2) is 54.9 Å². The van der Waals surface area contributed by atoms with Crippen LogP contribution in [0.2, 0.25) is 0 Å². The summed E-state index contributed by atoms with van der Waals surface area (Å²) in [6.45, 7) is -1.49. The number of hydrogen-bond acceptors (Lipinski definition) is 5. The van der Waals surface area contributed by atoms with E-state index in [1.54, 1.807) is 0 Å². The number of carbonyl (C=O) groups excluding carboxylic acids is 1. The molecule has 3 N–H and O–H groups in total. The molecule has 0 heterocycles. The Bertz CT molecular complexity index is 607. The lowest BCUT2D eigenvalue weighted by atomic mass is 10.0. The summed E-state index contributed by atoms with van der Waals surface area (Å²) in [6.07, 6.45) is -0.297. The molecule has 3 atom stereocenters. The van der Waals surface area contributed by atoms with Crippen LogP contribution < -0.4 is 5.32 Å². The van der Waals surface area contributed by atoms with E-state index in [0.717, 1.165) is 6.26 Å². The normalized spacial score (nSPS) is 15.9. The van der Waals surface area contributed by atoms with Crippen molar-refractivity contribution in [3.8, 4) is 0 Å². The SMILES string of the molecule is CS(=O)(=O)c1ccc([C@H](O)[C@@H](CF)NC(=O)[C@@H](Br)CO)cc1. The molecule has 0 radical (unpaired) electrons. The summed E-state index contributed by atoms with van der Waals surface area (Å²) < 4.78 is 35.7. The van der Waals surface area contributed by atoms with Gasteiger partial charge < -0.3 is 15.5 Å². The zero-order valence-corrected chi connectivity index (χ0v) is 14.1. The lowest BCUT2D eigenvalue weighted by molar-refractivity contribution is -0.122. The van der Waals surface area contributed by atoms with E-state index in [1.807, 2.05) is 0 Å². The fourth-order valence-corrected chi connectivity index (χ4v) is 2.47. The molecule has 0 saturated carbocycles. The Labute approximate surface area is 136 Å². The highest BCUT2D eigenvalue weighted by Gasteiger charge is 2.25. The molecule has 0 spiro atoms. The average Bonchev–Trinajstić information content (AvgIpc) is 2.50. The standard InChI is InChI=1S/C13H17BrFNO5S/c1-22(20,21)9-4-2-8(3-5-9)12(18)11(6-15)16-13(19)10(14)7-17/h2-5,10-12,17-18H,6-7H2,1H3,(H,16,19)/t10-,11+,12-/m0/s1. The molecule has 22 heavy (non-hydrogen) atoms. The summed E-state index contributed by atoms with van der Waals surface area (Å²) >= 11 is 2.90. The van der Waals surface area contributed by atoms with Crippen molar-refractivity contribution in [1.82, 2.24) is 5.32 Å². The first-order chi connectivity index (χ1) is 10.2. The van der Waals surface area contributed by atoms with Crippen molar-refractivity contribution in [2.75, 3.05) is 19.5 Å². The first kappa shape index (κ1) is 19.0. The number of nitrogens with one attached hydrogen (secondary N) is 1. The Kier molecular flexibility index (Phi) is 6.92. The van der Waals surface area contributed by atoms with Gasteiger partial charge in [-0.25, -0.2) is 12.8 Å². The van der Waals surface area contributed by atoms with E-state index in [2.05, 4.69) is 21.2 Å². The Morgan fingerprint density at radius 3 is 2.32 bits per heavy atom. The van der Waals surface area contributed by atoms with Gasteiger partial charge in [0.25, 0.3) is 0 Å². The van der Waals surface area contributed by atoms with Crippen molar-refractivity contribution in [1.29, 1.82) is 0 Å². The molecule has 9 heteroatoms. The number of sulfone groups is 1. The van der Waals surface area contributed by atoms with Crippen molar-refractivity contribution in [3.05, 3.63) is 29.8 Å². The number of aliphatic hydroxyl groups excluding tert-OH is 2. The van der Waals surface area contributed by atoms with Gasteiger partial charge in [0.2, 0.25) is 5.91 Å². The number of hydrogen-bond donors (Lipinski definition) is 3. The van der Waals surface area contributed by atoms with E-state index in [1.165, 1.54) is 24.3 Å². The van der Waals surface area contributed by atoms with E-state index in [9.17, 15) is 22.7 Å². The topological polar surface area (TPSA) is 104 Å². The van der Waals surface area contributed by atoms with Crippen LogP contribution in [0.3, 0.4) is 0 Å². The van der Waals surface area contributed by atoms with Crippen molar-refractivity contribution < 1.29 is 27.8 Å². The second-order valence-corrected chi connectivity index (χ2v) is 7.83. The second kappa shape index (κ2) is 8.00. The van der Waals surface area contributed by atoms with Gasteiger partial charge in [0.1, 0.15) is 17.6 Å². The van der Waals surface area contributed by atoms with E-state index >= 15 is 0 Å². The predicted molar refractivity (Wildman–Crippen MR) is 82.2 cm³/mol. The average molecular weight is 398 g/mol. The number of rotatable bonds is 7. The summed E-state index contributed by atoms with van der Waals surface area (Å²) in [6, 6.07) is 4.10. The predicted octanol–water partition coefficient (Wildman–Crippen LogP) is 0.334. The maximum Gasteiger partial charge on any atom is 0.236 e. The van der Waals surface area contributed by atoms with Gasteiger partial charge in [0, 0.05) is 6.26 Å². The minimum absolute atomic E-state index is 0.0742. The zero-order valence-electron chi connectivity index (χ0n) is 11.7. The molecule has 0 aliphatic heterocycles. The van der Waals surface area contributed by atoms with Crippen LogP contribution in [-0.2, 0) is 14.6 Å². The molecule has 0 aromatic heterocycles. The fourth-order valence-electron chi connectivity index (χ4n) is 1.70. The highest BCUT2D eigenvalue weighted by molar-refractivity contribution is 9.10. The number of carbonyl (C=O) groups is 1. The van der Waals surface area contributed by atoms with Crippen LogP contribution in [0.1, 0.15) is 11.7 Å². The first-order valence-electron chi connectivity index (χ1n) is 6.30. The third-order valence-corrected chi connectivity index (χ3v) is 4.80. The van der Waals surface area contributed by atoms with Gasteiger partial charge in [-0.15, -0.1) is 0 Å². The summed E-state index contributed by atoms with van der Waals surface area (Å²) in [7, 11) is -3.36. The van der Waals surface area contributed by atoms with Gasteiger partial charge in [-0.3, -0.25) is 4.79 Å². The molecular formula is C13H17BrFNO5S. The van der Waals surface area contributed by atoms with Crippen LogP contribution >= 0.6 is 15.9 Å². The van der Waals surface area contributed by atoms with E-state index in [4.69, 9.17) is 5.11 Å². The quantitative estimate of drug-likeness (QED) is 0.575. The van der Waals surface area contributed by atoms with Gasteiger partial charge in [-0.1, -0.05) is 28.1 Å². The number of benzene rings is 1. The van der Waals surface area contributed by atoms with Gasteiger partial charge in [0.15, 0.2) is 9.84 Å². The molecule has 1 aromatic carbocycles. The Morgan fingerprint density at radius 1 is 1.36 bits per heavy atom. The molecule has 6 nitrogen and oxygen atoms in total. The van der Waals surface area contributed by atoms with E-state index < -0.39 is 46.0 Å². The molecule has 0 aliphatic rings. The van der Waals surface area contributed by atoms with Crippen LogP contribution in [0.15, 0.2) is 29.2 Å². The Hall–Kier alpha value is -1.03. The van der Waals surface area contributed by atoms with E-state index in [0.29, 0.717) is 0 Å². The summed E-state index contributed by atoms with van der Waals surface area (Å²) in [5, 5.41) is 21.2. The summed E-state index contributed by atoms with van der Waals surface area (Å²) in [5.74, 6) is -0.656. The lowest BCUT2D eigenvalue weighted by Gasteiger charge is -2.23. The fraction of sp³-hybridized carbons (Fsp3) is 0.462.